The Hall–Kier alpha value is -1.83. The number of nitrogens with zero attached hydrogens (tertiary/aromatic N) is 1. The Balaban J connectivity index is 2.71. The van der Waals surface area contributed by atoms with Crippen LogP contribution in [-0.2, 0) is 0 Å². The molecular formula is C12H12N2. The molecule has 0 radical (unpaired) electrons. The first-order valence-electron chi connectivity index (χ1n) is 4.56. The summed E-state index contributed by atoms with van der Waals surface area (Å²) < 4.78 is 0. The highest BCUT2D eigenvalue weighted by atomic mass is 14.8. The fourth-order valence-electron chi connectivity index (χ4n) is 1.50. The Bertz CT molecular complexity index is 477. The van der Waals surface area contributed by atoms with Gasteiger partial charge in [0.1, 0.15) is 0 Å². The lowest BCUT2D eigenvalue weighted by Gasteiger charge is -2.01. The van der Waals surface area contributed by atoms with E-state index >= 15 is 0 Å². The smallest absolute Gasteiger partial charge is 0.0965 e. The molecule has 0 fully saturated rings. The number of fused-ring (bicyclic) bond motifs is 1. The van der Waals surface area contributed by atoms with Crippen molar-refractivity contribution in [3.63, 3.8) is 0 Å². The molecule has 2 aromatic carbocycles. The second-order valence-corrected chi connectivity index (χ2v) is 3.25. The van der Waals surface area contributed by atoms with E-state index < -0.39 is 0 Å². The molecule has 2 aromatic rings. The van der Waals surface area contributed by atoms with E-state index in [9.17, 15) is 0 Å². The Kier molecular flexibility index (Phi) is 2.19. The summed E-state index contributed by atoms with van der Waals surface area (Å²) in [5, 5.41) is 2.33. The molecule has 70 valence electrons. The molecule has 0 unspecified atom stereocenters. The van der Waals surface area contributed by atoms with Gasteiger partial charge < -0.3 is 5.73 Å². The SMILES string of the molecule is CC(N)=Nc1cccc2ccccc12. The molecule has 0 aliphatic heterocycles. The van der Waals surface area contributed by atoms with Crippen molar-refractivity contribution in [2.75, 3.05) is 0 Å². The zero-order valence-electron chi connectivity index (χ0n) is 8.07. The van der Waals surface area contributed by atoms with Gasteiger partial charge in [-0.3, -0.25) is 0 Å². The van der Waals surface area contributed by atoms with Crippen LogP contribution in [0.15, 0.2) is 47.5 Å². The van der Waals surface area contributed by atoms with Crippen LogP contribution in [0.4, 0.5) is 5.69 Å². The van der Waals surface area contributed by atoms with Gasteiger partial charge in [-0.2, -0.15) is 0 Å². The fourth-order valence-corrected chi connectivity index (χ4v) is 1.50. The molecule has 0 saturated heterocycles. The summed E-state index contributed by atoms with van der Waals surface area (Å²) in [6.45, 7) is 1.79. The number of aliphatic imine (C=N–C) groups is 1. The molecule has 2 heteroatoms. The molecule has 0 heterocycles. The van der Waals surface area contributed by atoms with E-state index in [-0.39, 0.29) is 0 Å². The predicted octanol–water partition coefficient (Wildman–Crippen LogP) is 2.85. The molecule has 0 aliphatic rings. The third-order valence-corrected chi connectivity index (χ3v) is 2.06. The number of rotatable bonds is 1. The van der Waals surface area contributed by atoms with Crippen molar-refractivity contribution >= 4 is 22.3 Å². The van der Waals surface area contributed by atoms with Gasteiger partial charge >= 0.3 is 0 Å². The van der Waals surface area contributed by atoms with E-state index in [1.54, 1.807) is 6.92 Å². The second kappa shape index (κ2) is 3.50. The highest BCUT2D eigenvalue weighted by Crippen LogP contribution is 2.25. The van der Waals surface area contributed by atoms with Crippen LogP contribution in [0.3, 0.4) is 0 Å². The molecule has 0 amide bonds. The highest BCUT2D eigenvalue weighted by Gasteiger charge is 1.97. The highest BCUT2D eigenvalue weighted by molar-refractivity contribution is 5.95. The van der Waals surface area contributed by atoms with Crippen molar-refractivity contribution in [1.29, 1.82) is 0 Å². The van der Waals surface area contributed by atoms with Crippen molar-refractivity contribution in [3.05, 3.63) is 42.5 Å². The van der Waals surface area contributed by atoms with Gasteiger partial charge in [0.05, 0.1) is 11.5 Å². The van der Waals surface area contributed by atoms with Crippen LogP contribution in [0.5, 0.6) is 0 Å². The van der Waals surface area contributed by atoms with E-state index in [0.717, 1.165) is 11.1 Å². The third kappa shape index (κ3) is 1.59. The van der Waals surface area contributed by atoms with Crippen molar-refractivity contribution in [1.82, 2.24) is 0 Å². The number of benzene rings is 2. The van der Waals surface area contributed by atoms with E-state index in [0.29, 0.717) is 5.84 Å². The van der Waals surface area contributed by atoms with Crippen LogP contribution in [0.1, 0.15) is 6.92 Å². The normalized spacial score (nSPS) is 11.9. The predicted molar refractivity (Wildman–Crippen MR) is 60.9 cm³/mol. The van der Waals surface area contributed by atoms with E-state index in [1.165, 1.54) is 5.39 Å². The average Bonchev–Trinajstić information content (AvgIpc) is 2.18. The standard InChI is InChI=1S/C12H12N2/c1-9(13)14-12-8-4-6-10-5-2-3-7-11(10)12/h2-8H,1H3,(H2,13,14). The summed E-state index contributed by atoms with van der Waals surface area (Å²) in [6.07, 6.45) is 0. The molecule has 2 N–H and O–H groups in total. The van der Waals surface area contributed by atoms with Crippen LogP contribution in [-0.4, -0.2) is 5.84 Å². The maximum Gasteiger partial charge on any atom is 0.0965 e. The molecule has 0 saturated carbocycles. The van der Waals surface area contributed by atoms with Gasteiger partial charge in [-0.25, -0.2) is 4.99 Å². The topological polar surface area (TPSA) is 38.4 Å². The largest absolute Gasteiger partial charge is 0.387 e. The average molecular weight is 184 g/mol. The van der Waals surface area contributed by atoms with Gasteiger partial charge in [0, 0.05) is 5.39 Å². The third-order valence-electron chi connectivity index (χ3n) is 2.06. The van der Waals surface area contributed by atoms with Crippen molar-refractivity contribution < 1.29 is 0 Å². The van der Waals surface area contributed by atoms with Crippen LogP contribution in [0, 0.1) is 0 Å². The van der Waals surface area contributed by atoms with Crippen LogP contribution in [0.25, 0.3) is 10.8 Å². The van der Waals surface area contributed by atoms with Gasteiger partial charge in [0.2, 0.25) is 0 Å². The fraction of sp³-hybridized carbons (Fsp3) is 0.0833. The Morgan fingerprint density at radius 3 is 2.57 bits per heavy atom. The molecule has 0 aliphatic carbocycles. The number of hydrogen-bond donors (Lipinski definition) is 1. The lowest BCUT2D eigenvalue weighted by molar-refractivity contribution is 1.47. The molecule has 0 bridgehead atoms. The monoisotopic (exact) mass is 184 g/mol. The first kappa shape index (κ1) is 8.75. The van der Waals surface area contributed by atoms with Crippen LogP contribution in [0.2, 0.25) is 0 Å². The van der Waals surface area contributed by atoms with Crippen LogP contribution >= 0.6 is 0 Å². The van der Waals surface area contributed by atoms with Gasteiger partial charge in [-0.05, 0) is 18.4 Å². The van der Waals surface area contributed by atoms with Gasteiger partial charge in [-0.1, -0.05) is 36.4 Å². The Morgan fingerprint density at radius 2 is 1.79 bits per heavy atom. The molecule has 2 nitrogen and oxygen atoms in total. The van der Waals surface area contributed by atoms with E-state index in [2.05, 4.69) is 23.2 Å². The molecule has 2 rings (SSSR count). The minimum atomic E-state index is 0.585. The lowest BCUT2D eigenvalue weighted by atomic mass is 10.1. The molecule has 0 aromatic heterocycles. The van der Waals surface area contributed by atoms with Gasteiger partial charge in [-0.15, -0.1) is 0 Å². The number of nitrogens with two attached hydrogens (primary N) is 1. The maximum atomic E-state index is 5.57. The zero-order valence-corrected chi connectivity index (χ0v) is 8.07. The van der Waals surface area contributed by atoms with Gasteiger partial charge in [0.25, 0.3) is 0 Å². The van der Waals surface area contributed by atoms with Crippen molar-refractivity contribution in [3.8, 4) is 0 Å². The molecule has 14 heavy (non-hydrogen) atoms. The summed E-state index contributed by atoms with van der Waals surface area (Å²) in [4.78, 5) is 4.28. The first-order chi connectivity index (χ1) is 6.77. The molecule has 0 spiro atoms. The summed E-state index contributed by atoms with van der Waals surface area (Å²) in [6, 6.07) is 14.2. The summed E-state index contributed by atoms with van der Waals surface area (Å²) >= 11 is 0. The summed E-state index contributed by atoms with van der Waals surface area (Å²) in [7, 11) is 0. The van der Waals surface area contributed by atoms with Crippen LogP contribution < -0.4 is 5.73 Å². The molecule has 0 atom stereocenters. The number of amidine groups is 1. The van der Waals surface area contributed by atoms with Gasteiger partial charge in [0.15, 0.2) is 0 Å². The van der Waals surface area contributed by atoms with Crippen molar-refractivity contribution in [2.24, 2.45) is 10.7 Å². The minimum Gasteiger partial charge on any atom is -0.387 e. The van der Waals surface area contributed by atoms with Crippen molar-refractivity contribution in [2.45, 2.75) is 6.92 Å². The minimum absolute atomic E-state index is 0.585. The lowest BCUT2D eigenvalue weighted by Crippen LogP contribution is -2.03. The maximum absolute atomic E-state index is 5.57. The number of hydrogen-bond acceptors (Lipinski definition) is 1. The summed E-state index contributed by atoms with van der Waals surface area (Å²) in [5.74, 6) is 0.585. The Labute approximate surface area is 83.1 Å². The first-order valence-corrected chi connectivity index (χ1v) is 4.56. The Morgan fingerprint density at radius 1 is 1.07 bits per heavy atom. The van der Waals surface area contributed by atoms with E-state index in [4.69, 9.17) is 5.73 Å². The second-order valence-electron chi connectivity index (χ2n) is 3.25. The zero-order chi connectivity index (χ0) is 9.97. The van der Waals surface area contributed by atoms with E-state index in [1.807, 2.05) is 24.3 Å². The quantitative estimate of drug-likeness (QED) is 0.537. The summed E-state index contributed by atoms with van der Waals surface area (Å²) in [5.41, 5.74) is 6.50. The molecular weight excluding hydrogens is 172 g/mol.